The van der Waals surface area contributed by atoms with E-state index in [-0.39, 0.29) is 5.75 Å². The third kappa shape index (κ3) is 5.05. The van der Waals surface area contributed by atoms with Crippen molar-refractivity contribution in [3.63, 3.8) is 0 Å². The highest BCUT2D eigenvalue weighted by atomic mass is 19.1. The number of benzene rings is 1. The molecule has 0 radical (unpaired) electrons. The van der Waals surface area contributed by atoms with Crippen molar-refractivity contribution >= 4 is 11.6 Å². The molecule has 0 bridgehead atoms. The van der Waals surface area contributed by atoms with E-state index < -0.39 is 17.3 Å². The fourth-order valence-electron chi connectivity index (χ4n) is 3.32. The third-order valence-corrected chi connectivity index (χ3v) is 5.08. The number of halogens is 2. The smallest absolute Gasteiger partial charge is 0.225 e. The molecule has 2 aromatic rings. The lowest BCUT2D eigenvalue weighted by Crippen LogP contribution is -2.35. The fraction of sp³-hybridized carbons (Fsp3) is 0.500. The molecule has 1 aromatic heterocycles. The second-order valence-electron chi connectivity index (χ2n) is 6.97. The van der Waals surface area contributed by atoms with E-state index in [9.17, 15) is 8.78 Å². The van der Waals surface area contributed by atoms with Crippen LogP contribution in [0.1, 0.15) is 38.2 Å². The summed E-state index contributed by atoms with van der Waals surface area (Å²) in [6.45, 7) is 4.43. The molecule has 0 unspecified atom stereocenters. The quantitative estimate of drug-likeness (QED) is 0.585. The van der Waals surface area contributed by atoms with Gasteiger partial charge in [-0.05, 0) is 43.6 Å². The SMILES string of the molecule is CCc1cnc(N2CCC(CCCOc3cc(F)c(N)c(F)c3)CC2)nc1. The van der Waals surface area contributed by atoms with Crippen molar-refractivity contribution < 1.29 is 13.5 Å². The van der Waals surface area contributed by atoms with Gasteiger partial charge in [-0.15, -0.1) is 0 Å². The number of rotatable bonds is 7. The van der Waals surface area contributed by atoms with Gasteiger partial charge in [-0.1, -0.05) is 6.92 Å². The van der Waals surface area contributed by atoms with Gasteiger partial charge in [0.05, 0.1) is 6.61 Å². The lowest BCUT2D eigenvalue weighted by Gasteiger charge is -2.32. The predicted octanol–water partition coefficient (Wildman–Crippen LogP) is 3.98. The molecule has 7 heteroatoms. The Morgan fingerprint density at radius 2 is 1.78 bits per heavy atom. The van der Waals surface area contributed by atoms with Crippen molar-refractivity contribution in [3.05, 3.63) is 41.7 Å². The molecule has 1 aliphatic heterocycles. The average molecular weight is 376 g/mol. The summed E-state index contributed by atoms with van der Waals surface area (Å²) in [5.74, 6) is 0.0425. The molecule has 1 aromatic carbocycles. The summed E-state index contributed by atoms with van der Waals surface area (Å²) in [6, 6.07) is 2.25. The molecule has 146 valence electrons. The van der Waals surface area contributed by atoms with Crippen LogP contribution in [0.25, 0.3) is 0 Å². The van der Waals surface area contributed by atoms with Gasteiger partial charge in [-0.25, -0.2) is 18.7 Å². The van der Waals surface area contributed by atoms with Gasteiger partial charge in [0.15, 0.2) is 11.6 Å². The highest BCUT2D eigenvalue weighted by molar-refractivity contribution is 5.45. The normalized spacial score (nSPS) is 15.1. The molecular formula is C20H26F2N4O. The molecule has 0 saturated carbocycles. The predicted molar refractivity (Wildman–Crippen MR) is 102 cm³/mol. The first-order valence-corrected chi connectivity index (χ1v) is 9.50. The zero-order valence-electron chi connectivity index (χ0n) is 15.6. The van der Waals surface area contributed by atoms with Gasteiger partial charge in [0, 0.05) is 37.6 Å². The maximum Gasteiger partial charge on any atom is 0.225 e. The van der Waals surface area contributed by atoms with Crippen LogP contribution in [-0.2, 0) is 6.42 Å². The Hall–Kier alpha value is -2.44. The van der Waals surface area contributed by atoms with Crippen molar-refractivity contribution in [3.8, 4) is 5.75 Å². The summed E-state index contributed by atoms with van der Waals surface area (Å²) >= 11 is 0. The van der Waals surface area contributed by atoms with Crippen LogP contribution in [-0.4, -0.2) is 29.7 Å². The van der Waals surface area contributed by atoms with Crippen LogP contribution < -0.4 is 15.4 Å². The zero-order valence-corrected chi connectivity index (χ0v) is 15.6. The van der Waals surface area contributed by atoms with Crippen LogP contribution in [0.4, 0.5) is 20.4 Å². The minimum atomic E-state index is -0.786. The topological polar surface area (TPSA) is 64.3 Å². The largest absolute Gasteiger partial charge is 0.493 e. The average Bonchev–Trinajstić information content (AvgIpc) is 2.70. The molecule has 1 aliphatic rings. The Bertz CT molecular complexity index is 723. The number of nitrogens with two attached hydrogens (primary N) is 1. The Morgan fingerprint density at radius 1 is 1.15 bits per heavy atom. The van der Waals surface area contributed by atoms with Crippen molar-refractivity contribution in [2.45, 2.75) is 39.0 Å². The lowest BCUT2D eigenvalue weighted by atomic mass is 9.92. The fourth-order valence-corrected chi connectivity index (χ4v) is 3.32. The van der Waals surface area contributed by atoms with E-state index in [1.165, 1.54) is 0 Å². The van der Waals surface area contributed by atoms with E-state index >= 15 is 0 Å². The lowest BCUT2D eigenvalue weighted by molar-refractivity contribution is 0.277. The molecule has 1 saturated heterocycles. The molecule has 0 spiro atoms. The maximum atomic E-state index is 13.4. The number of hydrogen-bond acceptors (Lipinski definition) is 5. The van der Waals surface area contributed by atoms with E-state index in [2.05, 4.69) is 21.8 Å². The summed E-state index contributed by atoms with van der Waals surface area (Å²) in [5, 5.41) is 0. The number of ether oxygens (including phenoxy) is 1. The Balaban J connectivity index is 1.38. The second-order valence-corrected chi connectivity index (χ2v) is 6.97. The molecule has 0 atom stereocenters. The summed E-state index contributed by atoms with van der Waals surface area (Å²) in [4.78, 5) is 11.1. The van der Waals surface area contributed by atoms with Gasteiger partial charge < -0.3 is 15.4 Å². The Morgan fingerprint density at radius 3 is 2.37 bits per heavy atom. The molecule has 5 nitrogen and oxygen atoms in total. The minimum Gasteiger partial charge on any atom is -0.493 e. The van der Waals surface area contributed by atoms with Gasteiger partial charge in [0.25, 0.3) is 0 Å². The first kappa shape index (κ1) is 19.3. The van der Waals surface area contributed by atoms with Crippen molar-refractivity contribution in [2.24, 2.45) is 5.92 Å². The van der Waals surface area contributed by atoms with Crippen LogP contribution in [0, 0.1) is 17.6 Å². The number of anilines is 2. The molecule has 2 N–H and O–H groups in total. The van der Waals surface area contributed by atoms with E-state index in [1.54, 1.807) is 0 Å². The summed E-state index contributed by atoms with van der Waals surface area (Å²) in [5.41, 5.74) is 5.93. The van der Waals surface area contributed by atoms with Crippen LogP contribution >= 0.6 is 0 Å². The van der Waals surface area contributed by atoms with Gasteiger partial charge in [-0.3, -0.25) is 0 Å². The molecule has 0 aliphatic carbocycles. The molecular weight excluding hydrogens is 350 g/mol. The highest BCUT2D eigenvalue weighted by Crippen LogP contribution is 2.25. The van der Waals surface area contributed by atoms with Gasteiger partial charge in [-0.2, -0.15) is 0 Å². The van der Waals surface area contributed by atoms with Crippen molar-refractivity contribution in [2.75, 3.05) is 30.3 Å². The number of hydrogen-bond donors (Lipinski definition) is 1. The van der Waals surface area contributed by atoms with Crippen LogP contribution in [0.3, 0.4) is 0 Å². The van der Waals surface area contributed by atoms with Gasteiger partial charge in [0.2, 0.25) is 5.95 Å². The third-order valence-electron chi connectivity index (χ3n) is 5.08. The number of aromatic nitrogens is 2. The van der Waals surface area contributed by atoms with E-state index in [4.69, 9.17) is 10.5 Å². The van der Waals surface area contributed by atoms with Gasteiger partial charge in [0.1, 0.15) is 11.4 Å². The van der Waals surface area contributed by atoms with Crippen LogP contribution in [0.15, 0.2) is 24.5 Å². The van der Waals surface area contributed by atoms with E-state index in [1.807, 2.05) is 12.4 Å². The van der Waals surface area contributed by atoms with Crippen molar-refractivity contribution in [1.82, 2.24) is 9.97 Å². The second kappa shape index (κ2) is 8.97. The van der Waals surface area contributed by atoms with E-state index in [0.29, 0.717) is 12.5 Å². The molecule has 1 fully saturated rings. The summed E-state index contributed by atoms with van der Waals surface area (Å²) < 4.78 is 32.3. The number of piperidine rings is 1. The van der Waals surface area contributed by atoms with Crippen molar-refractivity contribution in [1.29, 1.82) is 0 Å². The molecule has 27 heavy (non-hydrogen) atoms. The van der Waals surface area contributed by atoms with Crippen LogP contribution in [0.5, 0.6) is 5.75 Å². The van der Waals surface area contributed by atoms with Gasteiger partial charge >= 0.3 is 0 Å². The van der Waals surface area contributed by atoms with E-state index in [0.717, 1.165) is 68.8 Å². The molecule has 2 heterocycles. The minimum absolute atomic E-state index is 0.182. The standard InChI is InChI=1S/C20H26F2N4O/c1-2-14-12-24-20(25-13-14)26-7-5-15(6-8-26)4-3-9-27-16-10-17(21)19(23)18(22)11-16/h10-13,15H,2-9,23H2,1H3. The number of aryl methyl sites for hydroxylation is 1. The summed E-state index contributed by atoms with van der Waals surface area (Å²) in [7, 11) is 0. The Kier molecular flexibility index (Phi) is 6.42. The number of nitrogens with zero attached hydrogens (tertiary/aromatic N) is 3. The van der Waals surface area contributed by atoms with Crippen LogP contribution in [0.2, 0.25) is 0 Å². The summed E-state index contributed by atoms with van der Waals surface area (Å²) in [6.07, 6.45) is 8.79. The zero-order chi connectivity index (χ0) is 19.2. The first-order chi connectivity index (χ1) is 13.1. The molecule has 3 rings (SSSR count). The monoisotopic (exact) mass is 376 g/mol. The molecule has 0 amide bonds. The maximum absolute atomic E-state index is 13.4. The Labute approximate surface area is 158 Å². The highest BCUT2D eigenvalue weighted by Gasteiger charge is 2.20. The first-order valence-electron chi connectivity index (χ1n) is 9.50. The number of nitrogen functional groups attached to an aromatic ring is 1.